The summed E-state index contributed by atoms with van der Waals surface area (Å²) in [6.45, 7) is 5.84. The van der Waals surface area contributed by atoms with Crippen molar-refractivity contribution in [2.75, 3.05) is 18.0 Å². The fourth-order valence-electron chi connectivity index (χ4n) is 4.29. The van der Waals surface area contributed by atoms with Crippen molar-refractivity contribution in [1.29, 1.82) is 0 Å². The quantitative estimate of drug-likeness (QED) is 0.504. The van der Waals surface area contributed by atoms with Crippen LogP contribution in [0.1, 0.15) is 30.1 Å². The smallest absolute Gasteiger partial charge is 0.225 e. The molecule has 1 aliphatic heterocycles. The number of fused-ring (bicyclic) bond motifs is 1. The molecule has 4 aromatic rings. The van der Waals surface area contributed by atoms with Gasteiger partial charge in [-0.05, 0) is 44.9 Å². The third kappa shape index (κ3) is 4.05. The Balaban J connectivity index is 1.25. The van der Waals surface area contributed by atoms with Crippen LogP contribution in [-0.2, 0) is 11.3 Å². The molecule has 32 heavy (non-hydrogen) atoms. The number of amides is 1. The lowest BCUT2D eigenvalue weighted by molar-refractivity contribution is -0.125. The number of anilines is 1. The summed E-state index contributed by atoms with van der Waals surface area (Å²) in [5, 5.41) is 7.56. The molecule has 0 saturated carbocycles. The second kappa shape index (κ2) is 8.41. The van der Waals surface area contributed by atoms with Gasteiger partial charge in [0, 0.05) is 24.8 Å². The molecule has 0 aliphatic carbocycles. The Bertz CT molecular complexity index is 1230. The number of aryl methyl sites for hydroxylation is 2. The summed E-state index contributed by atoms with van der Waals surface area (Å²) in [5.74, 6) is 2.26. The number of aromatic nitrogens is 6. The predicted octanol–water partition coefficient (Wildman–Crippen LogP) is 2.69. The van der Waals surface area contributed by atoms with Crippen LogP contribution in [0.4, 0.5) is 5.82 Å². The standard InChI is InChI=1S/C23H26N8O/c1-15-10-16(2)31(29-15)22-11-21(25-14-26-22)30-9-5-6-17(13-30)23(32)24-12-20-27-18-7-3-4-8-19(18)28-20/h3-4,7-8,10-11,14,17H,5-6,9,12-13H2,1-2H3,(H,24,32)(H,27,28). The molecule has 1 amide bonds. The van der Waals surface area contributed by atoms with Crippen LogP contribution in [0.2, 0.25) is 0 Å². The molecule has 3 aromatic heterocycles. The lowest BCUT2D eigenvalue weighted by atomic mass is 9.97. The Morgan fingerprint density at radius 2 is 2.03 bits per heavy atom. The van der Waals surface area contributed by atoms with Crippen molar-refractivity contribution in [1.82, 2.24) is 35.0 Å². The van der Waals surface area contributed by atoms with E-state index in [9.17, 15) is 4.79 Å². The number of benzene rings is 1. The van der Waals surface area contributed by atoms with Crippen LogP contribution >= 0.6 is 0 Å². The van der Waals surface area contributed by atoms with Crippen LogP contribution in [-0.4, -0.2) is 48.7 Å². The topological polar surface area (TPSA) is 105 Å². The number of H-pyrrole nitrogens is 1. The van der Waals surface area contributed by atoms with E-state index in [-0.39, 0.29) is 11.8 Å². The number of carbonyl (C=O) groups is 1. The summed E-state index contributed by atoms with van der Waals surface area (Å²) in [5.41, 5.74) is 3.85. The summed E-state index contributed by atoms with van der Waals surface area (Å²) in [4.78, 5) is 31.7. The maximum absolute atomic E-state index is 12.9. The molecule has 9 nitrogen and oxygen atoms in total. The summed E-state index contributed by atoms with van der Waals surface area (Å²) < 4.78 is 1.82. The van der Waals surface area contributed by atoms with E-state index in [1.807, 2.05) is 54.9 Å². The van der Waals surface area contributed by atoms with E-state index in [1.54, 1.807) is 6.33 Å². The van der Waals surface area contributed by atoms with Crippen molar-refractivity contribution < 1.29 is 4.79 Å². The molecule has 164 valence electrons. The van der Waals surface area contributed by atoms with Crippen molar-refractivity contribution in [3.05, 3.63) is 59.9 Å². The van der Waals surface area contributed by atoms with Crippen LogP contribution in [0.25, 0.3) is 16.9 Å². The summed E-state index contributed by atoms with van der Waals surface area (Å²) in [6.07, 6.45) is 3.35. The van der Waals surface area contributed by atoms with Crippen LogP contribution in [0.5, 0.6) is 0 Å². The van der Waals surface area contributed by atoms with Crippen molar-refractivity contribution in [3.8, 4) is 5.82 Å². The molecule has 1 unspecified atom stereocenters. The SMILES string of the molecule is Cc1cc(C)n(-c2cc(N3CCCC(C(=O)NCc4nc5ccccc5[nH]4)C3)ncn2)n1. The number of hydrogen-bond donors (Lipinski definition) is 2. The Labute approximate surface area is 185 Å². The zero-order valence-corrected chi connectivity index (χ0v) is 18.2. The van der Waals surface area contributed by atoms with Crippen molar-refractivity contribution in [2.45, 2.75) is 33.2 Å². The number of carbonyl (C=O) groups excluding carboxylic acids is 1. The molecule has 1 aliphatic rings. The summed E-state index contributed by atoms with van der Waals surface area (Å²) >= 11 is 0. The van der Waals surface area contributed by atoms with Gasteiger partial charge in [0.1, 0.15) is 18.0 Å². The zero-order chi connectivity index (χ0) is 22.1. The van der Waals surface area contributed by atoms with Gasteiger partial charge in [0.15, 0.2) is 5.82 Å². The Morgan fingerprint density at radius 1 is 1.19 bits per heavy atom. The van der Waals surface area contributed by atoms with Crippen LogP contribution in [0.15, 0.2) is 42.7 Å². The maximum Gasteiger partial charge on any atom is 0.225 e. The first kappa shape index (κ1) is 20.2. The molecule has 0 bridgehead atoms. The van der Waals surface area contributed by atoms with Crippen molar-refractivity contribution in [2.24, 2.45) is 5.92 Å². The molecule has 5 rings (SSSR count). The molecular weight excluding hydrogens is 404 g/mol. The van der Waals surface area contributed by atoms with Crippen molar-refractivity contribution >= 4 is 22.8 Å². The number of piperidine rings is 1. The number of rotatable bonds is 5. The van der Waals surface area contributed by atoms with E-state index in [4.69, 9.17) is 0 Å². The van der Waals surface area contributed by atoms with E-state index >= 15 is 0 Å². The number of hydrogen-bond acceptors (Lipinski definition) is 6. The number of imidazole rings is 1. The fourth-order valence-corrected chi connectivity index (χ4v) is 4.29. The van der Waals surface area contributed by atoms with Gasteiger partial charge in [-0.2, -0.15) is 5.10 Å². The summed E-state index contributed by atoms with van der Waals surface area (Å²) in [7, 11) is 0. The van der Waals surface area contributed by atoms with E-state index in [0.29, 0.717) is 13.1 Å². The van der Waals surface area contributed by atoms with E-state index in [1.165, 1.54) is 0 Å². The molecule has 1 aromatic carbocycles. The van der Waals surface area contributed by atoms with Gasteiger partial charge in [-0.15, -0.1) is 0 Å². The average Bonchev–Trinajstić information content (AvgIpc) is 3.39. The first-order valence-corrected chi connectivity index (χ1v) is 10.9. The molecule has 4 heterocycles. The van der Waals surface area contributed by atoms with Gasteiger partial charge in [-0.3, -0.25) is 4.79 Å². The highest BCUT2D eigenvalue weighted by atomic mass is 16.1. The highest BCUT2D eigenvalue weighted by Crippen LogP contribution is 2.23. The lowest BCUT2D eigenvalue weighted by Crippen LogP contribution is -2.43. The van der Waals surface area contributed by atoms with E-state index in [2.05, 4.69) is 35.3 Å². The fraction of sp³-hybridized carbons (Fsp3) is 0.348. The number of aromatic amines is 1. The number of nitrogens with one attached hydrogen (secondary N) is 2. The zero-order valence-electron chi connectivity index (χ0n) is 18.2. The van der Waals surface area contributed by atoms with Crippen LogP contribution in [0.3, 0.4) is 0 Å². The largest absolute Gasteiger partial charge is 0.356 e. The average molecular weight is 431 g/mol. The van der Waals surface area contributed by atoms with Crippen LogP contribution < -0.4 is 10.2 Å². The second-order valence-corrected chi connectivity index (χ2v) is 8.28. The van der Waals surface area contributed by atoms with Gasteiger partial charge in [0.05, 0.1) is 29.2 Å². The van der Waals surface area contributed by atoms with Gasteiger partial charge in [0.2, 0.25) is 5.91 Å². The Morgan fingerprint density at radius 3 is 2.84 bits per heavy atom. The van der Waals surface area contributed by atoms with Gasteiger partial charge in [-0.25, -0.2) is 19.6 Å². The minimum Gasteiger partial charge on any atom is -0.356 e. The number of nitrogens with zero attached hydrogens (tertiary/aromatic N) is 6. The van der Waals surface area contributed by atoms with Crippen LogP contribution in [0, 0.1) is 19.8 Å². The minimum absolute atomic E-state index is 0.0444. The highest BCUT2D eigenvalue weighted by molar-refractivity contribution is 5.80. The molecular formula is C23H26N8O. The van der Waals surface area contributed by atoms with Crippen molar-refractivity contribution in [3.63, 3.8) is 0 Å². The first-order chi connectivity index (χ1) is 15.6. The van der Waals surface area contributed by atoms with Gasteiger partial charge in [-0.1, -0.05) is 12.1 Å². The third-order valence-corrected chi connectivity index (χ3v) is 5.85. The monoisotopic (exact) mass is 430 g/mol. The minimum atomic E-state index is -0.0970. The third-order valence-electron chi connectivity index (χ3n) is 5.85. The molecule has 1 saturated heterocycles. The van der Waals surface area contributed by atoms with E-state index < -0.39 is 0 Å². The Hall–Kier alpha value is -3.75. The molecule has 9 heteroatoms. The Kier molecular flexibility index (Phi) is 5.30. The molecule has 1 atom stereocenters. The molecule has 1 fully saturated rings. The number of para-hydroxylation sites is 2. The first-order valence-electron chi connectivity index (χ1n) is 10.9. The molecule has 2 N–H and O–H groups in total. The van der Waals surface area contributed by atoms with Gasteiger partial charge < -0.3 is 15.2 Å². The maximum atomic E-state index is 12.9. The summed E-state index contributed by atoms with van der Waals surface area (Å²) in [6, 6.07) is 11.8. The normalized spacial score (nSPS) is 16.4. The predicted molar refractivity (Wildman–Crippen MR) is 122 cm³/mol. The van der Waals surface area contributed by atoms with E-state index in [0.717, 1.165) is 59.3 Å². The lowest BCUT2D eigenvalue weighted by Gasteiger charge is -2.32. The molecule has 0 spiro atoms. The van der Waals surface area contributed by atoms with Gasteiger partial charge >= 0.3 is 0 Å². The highest BCUT2D eigenvalue weighted by Gasteiger charge is 2.27. The second-order valence-electron chi connectivity index (χ2n) is 8.28. The molecule has 0 radical (unpaired) electrons. The van der Waals surface area contributed by atoms with Gasteiger partial charge in [0.25, 0.3) is 0 Å².